The Balaban J connectivity index is 0.00000140. The second kappa shape index (κ2) is 10.2. The molecule has 1 heterocycles. The number of β-amino-alcohol motifs (C(OH)–C–C–N with tert-alkyl or cyclic N) is 1. The molecule has 28 heavy (non-hydrogen) atoms. The summed E-state index contributed by atoms with van der Waals surface area (Å²) < 4.78 is 13.3. The van der Waals surface area contributed by atoms with E-state index in [1.54, 1.807) is 12.1 Å². The van der Waals surface area contributed by atoms with E-state index in [1.807, 2.05) is 18.2 Å². The molecule has 3 nitrogen and oxygen atoms in total. The second-order valence-electron chi connectivity index (χ2n) is 7.23. The Kier molecular flexibility index (Phi) is 8.56. The molecule has 1 fully saturated rings. The van der Waals surface area contributed by atoms with Gasteiger partial charge in [0.15, 0.2) is 0 Å². The maximum atomic E-state index is 13.3. The van der Waals surface area contributed by atoms with Crippen molar-refractivity contribution >= 4 is 36.4 Å². The van der Waals surface area contributed by atoms with Crippen LogP contribution in [0.5, 0.6) is 0 Å². The molecule has 154 valence electrons. The summed E-state index contributed by atoms with van der Waals surface area (Å²) in [5, 5.41) is 9.91. The highest BCUT2D eigenvalue weighted by atomic mass is 35.5. The van der Waals surface area contributed by atoms with Crippen molar-refractivity contribution in [3.8, 4) is 0 Å². The van der Waals surface area contributed by atoms with Crippen molar-refractivity contribution in [2.24, 2.45) is 0 Å². The summed E-state index contributed by atoms with van der Waals surface area (Å²) in [7, 11) is 0. The smallest absolute Gasteiger partial charge is 0.123 e. The number of rotatable bonds is 4. The minimum atomic E-state index is -0.195. The van der Waals surface area contributed by atoms with Crippen LogP contribution in [0.25, 0.3) is 0 Å². The van der Waals surface area contributed by atoms with Crippen molar-refractivity contribution in [3.05, 3.63) is 70.0 Å². The third-order valence-corrected chi connectivity index (χ3v) is 6.01. The molecule has 0 radical (unpaired) electrons. The van der Waals surface area contributed by atoms with Crippen LogP contribution in [0.4, 0.5) is 4.39 Å². The lowest BCUT2D eigenvalue weighted by atomic mass is 9.93. The number of nitrogens with zero attached hydrogens (tertiary/aromatic N) is 2. The van der Waals surface area contributed by atoms with E-state index >= 15 is 0 Å². The van der Waals surface area contributed by atoms with Gasteiger partial charge in [-0.15, -0.1) is 24.8 Å². The highest BCUT2D eigenvalue weighted by molar-refractivity contribution is 6.30. The van der Waals surface area contributed by atoms with Crippen LogP contribution in [0, 0.1) is 5.82 Å². The Bertz CT molecular complexity index is 767. The molecule has 2 aliphatic rings. The summed E-state index contributed by atoms with van der Waals surface area (Å²) in [6.07, 6.45) is 1.00. The maximum Gasteiger partial charge on any atom is 0.123 e. The minimum absolute atomic E-state index is 0. The first-order chi connectivity index (χ1) is 12.7. The summed E-state index contributed by atoms with van der Waals surface area (Å²) in [6.45, 7) is 4.91. The Morgan fingerprint density at radius 2 is 1.64 bits per heavy atom. The number of aliphatic hydroxyl groups excluding tert-OH is 1. The number of halogens is 4. The first kappa shape index (κ1) is 23.4. The van der Waals surface area contributed by atoms with E-state index in [1.165, 1.54) is 11.1 Å². The minimum Gasteiger partial charge on any atom is -0.395 e. The molecule has 1 N–H and O–H groups in total. The zero-order chi connectivity index (χ0) is 18.1. The van der Waals surface area contributed by atoms with Crippen molar-refractivity contribution in [1.82, 2.24) is 9.80 Å². The van der Waals surface area contributed by atoms with Gasteiger partial charge in [-0.25, -0.2) is 4.39 Å². The summed E-state index contributed by atoms with van der Waals surface area (Å²) in [4.78, 5) is 4.84. The molecule has 1 aliphatic carbocycles. The summed E-state index contributed by atoms with van der Waals surface area (Å²) in [5.74, 6) is 0.0861. The second-order valence-corrected chi connectivity index (χ2v) is 7.67. The molecule has 7 heteroatoms. The topological polar surface area (TPSA) is 26.7 Å². The number of hydrogen-bond acceptors (Lipinski definition) is 3. The van der Waals surface area contributed by atoms with Gasteiger partial charge in [0.2, 0.25) is 0 Å². The molecule has 0 bridgehead atoms. The molecule has 2 atom stereocenters. The molecular weight excluding hydrogens is 422 g/mol. The largest absolute Gasteiger partial charge is 0.395 e. The standard InChI is InChI=1S/C21H24ClFN2O.2ClH/c22-16-3-6-18-19(15-1-4-17(23)5-2-15)14-21(20(18)13-16)25-9-7-24(8-10-25)11-12-26;;/h1-6,13,19,21,26H,7-12,14H2;2*1H. The zero-order valence-electron chi connectivity index (χ0n) is 15.6. The van der Waals surface area contributed by atoms with Crippen molar-refractivity contribution in [1.29, 1.82) is 0 Å². The molecule has 0 amide bonds. The molecule has 2 aromatic rings. The first-order valence-corrected chi connectivity index (χ1v) is 9.65. The average Bonchev–Trinajstić information content (AvgIpc) is 3.02. The van der Waals surface area contributed by atoms with Crippen LogP contribution in [0.15, 0.2) is 42.5 Å². The van der Waals surface area contributed by atoms with Gasteiger partial charge < -0.3 is 5.11 Å². The number of aliphatic hydroxyl groups is 1. The molecule has 1 aliphatic heterocycles. The molecule has 1 saturated heterocycles. The van der Waals surface area contributed by atoms with E-state index in [4.69, 9.17) is 16.7 Å². The maximum absolute atomic E-state index is 13.3. The molecule has 0 spiro atoms. The molecule has 2 unspecified atom stereocenters. The SMILES string of the molecule is Cl.Cl.OCCN1CCN(C2CC(c3ccc(F)cc3)c3ccc(Cl)cc32)CC1. The van der Waals surface area contributed by atoms with E-state index in [-0.39, 0.29) is 43.2 Å². The van der Waals surface area contributed by atoms with Gasteiger partial charge in [-0.3, -0.25) is 9.80 Å². The highest BCUT2D eigenvalue weighted by Crippen LogP contribution is 2.47. The van der Waals surface area contributed by atoms with Gasteiger partial charge in [-0.05, 0) is 47.4 Å². The monoisotopic (exact) mass is 446 g/mol. The van der Waals surface area contributed by atoms with Crippen molar-refractivity contribution in [2.75, 3.05) is 39.3 Å². The van der Waals surface area contributed by atoms with Gasteiger partial charge in [0.25, 0.3) is 0 Å². The predicted octanol–water partition coefficient (Wildman–Crippen LogP) is 4.51. The van der Waals surface area contributed by atoms with Crippen molar-refractivity contribution in [2.45, 2.75) is 18.4 Å². The molecule has 0 aromatic heterocycles. The molecule has 4 rings (SSSR count). The first-order valence-electron chi connectivity index (χ1n) is 9.28. The fourth-order valence-electron chi connectivity index (χ4n) is 4.43. The Morgan fingerprint density at radius 1 is 0.964 bits per heavy atom. The fraction of sp³-hybridized carbons (Fsp3) is 0.429. The zero-order valence-corrected chi connectivity index (χ0v) is 17.9. The number of hydrogen-bond donors (Lipinski definition) is 1. The summed E-state index contributed by atoms with van der Waals surface area (Å²) in [6, 6.07) is 13.4. The van der Waals surface area contributed by atoms with E-state index in [2.05, 4.69) is 21.9 Å². The predicted molar refractivity (Wildman–Crippen MR) is 117 cm³/mol. The van der Waals surface area contributed by atoms with E-state index in [0.717, 1.165) is 49.7 Å². The third-order valence-electron chi connectivity index (χ3n) is 5.78. The number of piperazine rings is 1. The van der Waals surface area contributed by atoms with Crippen molar-refractivity contribution in [3.63, 3.8) is 0 Å². The van der Waals surface area contributed by atoms with E-state index in [9.17, 15) is 4.39 Å². The fourth-order valence-corrected chi connectivity index (χ4v) is 4.61. The normalized spacial score (nSPS) is 22.2. The quantitative estimate of drug-likeness (QED) is 0.747. The van der Waals surface area contributed by atoms with Crippen LogP contribution in [0.1, 0.15) is 35.1 Å². The van der Waals surface area contributed by atoms with Crippen LogP contribution in [-0.2, 0) is 0 Å². The van der Waals surface area contributed by atoms with Crippen molar-refractivity contribution < 1.29 is 9.50 Å². The molecular formula is C21H26Cl3FN2O. The van der Waals surface area contributed by atoms with Crippen LogP contribution in [0.2, 0.25) is 5.02 Å². The van der Waals surface area contributed by atoms with E-state index < -0.39 is 0 Å². The Labute approximate surface area is 183 Å². The number of benzene rings is 2. The van der Waals surface area contributed by atoms with Gasteiger partial charge in [-0.1, -0.05) is 29.8 Å². The third kappa shape index (κ3) is 4.81. The van der Waals surface area contributed by atoms with Gasteiger partial charge in [0, 0.05) is 49.7 Å². The van der Waals surface area contributed by atoms with Gasteiger partial charge in [0.1, 0.15) is 5.82 Å². The van der Waals surface area contributed by atoms with Crippen LogP contribution in [0.3, 0.4) is 0 Å². The Morgan fingerprint density at radius 3 is 2.29 bits per heavy atom. The number of fused-ring (bicyclic) bond motifs is 1. The summed E-state index contributed by atoms with van der Waals surface area (Å²) in [5.41, 5.74) is 3.78. The van der Waals surface area contributed by atoms with Crippen LogP contribution in [-0.4, -0.2) is 54.2 Å². The average molecular weight is 448 g/mol. The van der Waals surface area contributed by atoms with Gasteiger partial charge >= 0.3 is 0 Å². The lowest BCUT2D eigenvalue weighted by molar-refractivity contribution is 0.0827. The summed E-state index contributed by atoms with van der Waals surface area (Å²) >= 11 is 6.30. The van der Waals surface area contributed by atoms with Gasteiger partial charge in [-0.2, -0.15) is 0 Å². The highest BCUT2D eigenvalue weighted by Gasteiger charge is 2.36. The van der Waals surface area contributed by atoms with E-state index in [0.29, 0.717) is 6.04 Å². The molecule has 0 saturated carbocycles. The van der Waals surface area contributed by atoms with Crippen LogP contribution < -0.4 is 0 Å². The Hall–Kier alpha value is -0.880. The van der Waals surface area contributed by atoms with Crippen LogP contribution >= 0.6 is 36.4 Å². The lowest BCUT2D eigenvalue weighted by Gasteiger charge is -2.38. The van der Waals surface area contributed by atoms with Gasteiger partial charge in [0.05, 0.1) is 6.61 Å². The lowest BCUT2D eigenvalue weighted by Crippen LogP contribution is -2.48. The molecule has 2 aromatic carbocycles.